The monoisotopic (exact) mass is 429 g/mol. The average molecular weight is 430 g/mol. The van der Waals surface area contributed by atoms with Crippen LogP contribution in [0.3, 0.4) is 0 Å². The largest absolute Gasteiger partial charge is 0.370 e. The maximum absolute atomic E-state index is 12.7. The van der Waals surface area contributed by atoms with Gasteiger partial charge >= 0.3 is 0 Å². The number of rotatable bonds is 8. The smallest absolute Gasteiger partial charge is 0.249 e. The first-order valence-corrected chi connectivity index (χ1v) is 11.3. The van der Waals surface area contributed by atoms with E-state index < -0.39 is 0 Å². The van der Waals surface area contributed by atoms with Gasteiger partial charge in [0.1, 0.15) is 12.4 Å². The highest BCUT2D eigenvalue weighted by Gasteiger charge is 2.31. The minimum absolute atomic E-state index is 0.0269. The summed E-state index contributed by atoms with van der Waals surface area (Å²) in [7, 11) is 0. The van der Waals surface area contributed by atoms with Crippen LogP contribution in [0.1, 0.15) is 43.1 Å². The molecule has 0 saturated carbocycles. The minimum Gasteiger partial charge on any atom is -0.370 e. The highest BCUT2D eigenvalue weighted by molar-refractivity contribution is 7.13. The lowest BCUT2D eigenvalue weighted by molar-refractivity contribution is -0.137. The quantitative estimate of drug-likeness (QED) is 0.649. The molecule has 0 aliphatic carbocycles. The zero-order valence-corrected chi connectivity index (χ0v) is 18.0. The van der Waals surface area contributed by atoms with Gasteiger partial charge in [0.25, 0.3) is 0 Å². The molecule has 1 atom stereocenters. The van der Waals surface area contributed by atoms with Crippen molar-refractivity contribution in [2.45, 2.75) is 38.6 Å². The molecule has 0 spiro atoms. The minimum atomic E-state index is -0.0407. The second-order valence-electron chi connectivity index (χ2n) is 7.65. The van der Waals surface area contributed by atoms with E-state index in [9.17, 15) is 9.59 Å². The molecule has 2 saturated heterocycles. The van der Waals surface area contributed by atoms with E-state index in [0.29, 0.717) is 26.1 Å². The van der Waals surface area contributed by atoms with Gasteiger partial charge in [0, 0.05) is 31.4 Å². The zero-order chi connectivity index (χ0) is 20.9. The Morgan fingerprint density at radius 3 is 2.97 bits per heavy atom. The number of aryl methyl sites for hydroxylation is 1. The summed E-state index contributed by atoms with van der Waals surface area (Å²) in [6.07, 6.45) is 3.37. The average Bonchev–Trinajstić information content (AvgIpc) is 3.47. The first-order valence-electron chi connectivity index (χ1n) is 10.4. The van der Waals surface area contributed by atoms with Crippen LogP contribution in [0, 0.1) is 6.92 Å². The summed E-state index contributed by atoms with van der Waals surface area (Å²) in [6, 6.07) is 5.79. The van der Waals surface area contributed by atoms with Crippen LogP contribution in [0.5, 0.6) is 0 Å². The summed E-state index contributed by atoms with van der Waals surface area (Å²) in [5.41, 5.74) is 1.85. The summed E-state index contributed by atoms with van der Waals surface area (Å²) in [4.78, 5) is 37.2. The molecule has 0 bridgehead atoms. The van der Waals surface area contributed by atoms with Crippen molar-refractivity contribution in [1.82, 2.24) is 19.8 Å². The predicted octanol–water partition coefficient (Wildman–Crippen LogP) is 2.89. The number of carbonyl (C=O) groups excluding carboxylic acids is 2. The van der Waals surface area contributed by atoms with E-state index >= 15 is 0 Å². The molecule has 2 fully saturated rings. The lowest BCUT2D eigenvalue weighted by Gasteiger charge is -2.25. The van der Waals surface area contributed by atoms with Gasteiger partial charge in [-0.25, -0.2) is 9.97 Å². The Hall–Kier alpha value is -2.52. The van der Waals surface area contributed by atoms with Crippen molar-refractivity contribution in [3.63, 3.8) is 0 Å². The molecule has 2 aliphatic heterocycles. The molecule has 9 heteroatoms. The number of aromatic nitrogens is 2. The Morgan fingerprint density at radius 1 is 1.30 bits per heavy atom. The van der Waals surface area contributed by atoms with Gasteiger partial charge in [0.05, 0.1) is 24.0 Å². The first kappa shape index (κ1) is 20.7. The van der Waals surface area contributed by atoms with Crippen molar-refractivity contribution in [2.24, 2.45) is 0 Å². The Labute approximate surface area is 180 Å². The van der Waals surface area contributed by atoms with Crippen molar-refractivity contribution < 1.29 is 14.3 Å². The first-order chi connectivity index (χ1) is 14.6. The van der Waals surface area contributed by atoms with E-state index in [1.807, 2.05) is 35.4 Å². The zero-order valence-electron chi connectivity index (χ0n) is 17.2. The molecule has 2 aromatic rings. The third-order valence-corrected chi connectivity index (χ3v) is 6.32. The number of nitrogens with one attached hydrogen (secondary N) is 1. The number of pyridine rings is 1. The Bertz CT molecular complexity index is 902. The molecule has 2 aromatic heterocycles. The normalized spacial score (nSPS) is 19.0. The molecule has 0 radical (unpaired) electrons. The number of nitrogens with zero attached hydrogens (tertiary/aromatic N) is 4. The van der Waals surface area contributed by atoms with Gasteiger partial charge in [-0.05, 0) is 38.3 Å². The van der Waals surface area contributed by atoms with Crippen LogP contribution in [-0.2, 0) is 14.3 Å². The van der Waals surface area contributed by atoms with Gasteiger partial charge in [-0.3, -0.25) is 9.59 Å². The highest BCUT2D eigenvalue weighted by Crippen LogP contribution is 2.32. The number of likely N-dealkylation sites (tertiary alicyclic amines) is 2. The van der Waals surface area contributed by atoms with Gasteiger partial charge in [0.15, 0.2) is 5.13 Å². The van der Waals surface area contributed by atoms with Crippen LogP contribution in [0.2, 0.25) is 0 Å². The maximum atomic E-state index is 12.7. The lowest BCUT2D eigenvalue weighted by atomic mass is 10.1. The van der Waals surface area contributed by atoms with Crippen LogP contribution < -0.4 is 5.32 Å². The van der Waals surface area contributed by atoms with E-state index in [1.165, 1.54) is 0 Å². The second-order valence-corrected chi connectivity index (χ2v) is 8.51. The number of thiazole rings is 1. The standard InChI is InChI=1S/C21H27N5O3S/c1-15-14-30-21(22-15)24-18-7-2-5-16(23-18)17-6-3-10-26(17)20(28)13-29-12-11-25-9-4-8-19(25)27/h2,5,7,14,17H,3-4,6,8-13H2,1H3,(H,22,23,24). The predicted molar refractivity (Wildman–Crippen MR) is 115 cm³/mol. The van der Waals surface area contributed by atoms with Gasteiger partial charge in [-0.1, -0.05) is 6.07 Å². The number of hydrogen-bond donors (Lipinski definition) is 1. The summed E-state index contributed by atoms with van der Waals surface area (Å²) in [5.74, 6) is 0.880. The molecular formula is C21H27N5O3S. The van der Waals surface area contributed by atoms with Gasteiger partial charge in [-0.15, -0.1) is 11.3 Å². The van der Waals surface area contributed by atoms with Crippen molar-refractivity contribution in [3.8, 4) is 0 Å². The highest BCUT2D eigenvalue weighted by atomic mass is 32.1. The Morgan fingerprint density at radius 2 is 2.20 bits per heavy atom. The maximum Gasteiger partial charge on any atom is 0.249 e. The van der Waals surface area contributed by atoms with Crippen LogP contribution in [0.25, 0.3) is 0 Å². The van der Waals surface area contributed by atoms with Crippen LogP contribution in [-0.4, -0.2) is 64.4 Å². The fourth-order valence-electron chi connectivity index (χ4n) is 3.96. The van der Waals surface area contributed by atoms with E-state index in [0.717, 1.165) is 48.1 Å². The van der Waals surface area contributed by atoms with Crippen molar-refractivity contribution >= 4 is 34.1 Å². The molecule has 2 aliphatic rings. The van der Waals surface area contributed by atoms with Gasteiger partial charge in [-0.2, -0.15) is 0 Å². The van der Waals surface area contributed by atoms with E-state index in [-0.39, 0.29) is 24.5 Å². The lowest BCUT2D eigenvalue weighted by Crippen LogP contribution is -2.35. The number of anilines is 2. The summed E-state index contributed by atoms with van der Waals surface area (Å²) < 4.78 is 5.58. The van der Waals surface area contributed by atoms with Crippen molar-refractivity contribution in [3.05, 3.63) is 35.0 Å². The molecule has 4 heterocycles. The van der Waals surface area contributed by atoms with Gasteiger partial charge < -0.3 is 19.9 Å². The van der Waals surface area contributed by atoms with Crippen LogP contribution in [0.4, 0.5) is 10.9 Å². The van der Waals surface area contributed by atoms with Crippen LogP contribution >= 0.6 is 11.3 Å². The SMILES string of the molecule is Cc1csc(Nc2cccc(C3CCCN3C(=O)COCCN3CCCC3=O)n2)n1. The molecule has 8 nitrogen and oxygen atoms in total. The molecule has 4 rings (SSSR count). The Kier molecular flexibility index (Phi) is 6.59. The second kappa shape index (κ2) is 9.53. The molecule has 30 heavy (non-hydrogen) atoms. The van der Waals surface area contributed by atoms with E-state index in [4.69, 9.17) is 9.72 Å². The molecule has 0 aromatic carbocycles. The molecular weight excluding hydrogens is 402 g/mol. The molecule has 1 unspecified atom stereocenters. The number of ether oxygens (including phenoxy) is 1. The number of carbonyl (C=O) groups is 2. The molecule has 2 amide bonds. The third-order valence-electron chi connectivity index (χ3n) is 5.44. The van der Waals surface area contributed by atoms with E-state index in [1.54, 1.807) is 16.2 Å². The molecule has 1 N–H and O–H groups in total. The van der Waals surface area contributed by atoms with Crippen molar-refractivity contribution in [2.75, 3.05) is 38.2 Å². The Balaban J connectivity index is 1.32. The fraction of sp³-hybridized carbons (Fsp3) is 0.524. The van der Waals surface area contributed by atoms with Crippen LogP contribution in [0.15, 0.2) is 23.6 Å². The molecule has 160 valence electrons. The number of hydrogen-bond acceptors (Lipinski definition) is 7. The fourth-order valence-corrected chi connectivity index (χ4v) is 4.65. The van der Waals surface area contributed by atoms with Crippen molar-refractivity contribution in [1.29, 1.82) is 0 Å². The summed E-state index contributed by atoms with van der Waals surface area (Å²) >= 11 is 1.54. The van der Waals surface area contributed by atoms with Gasteiger partial charge in [0.2, 0.25) is 11.8 Å². The third kappa shape index (κ3) is 4.96. The topological polar surface area (TPSA) is 87.7 Å². The van der Waals surface area contributed by atoms with E-state index in [2.05, 4.69) is 10.3 Å². The summed E-state index contributed by atoms with van der Waals surface area (Å²) in [5, 5.41) is 6.04. The number of amides is 2. The summed E-state index contributed by atoms with van der Waals surface area (Å²) in [6.45, 7) is 4.44.